The van der Waals surface area contributed by atoms with Gasteiger partial charge in [0.15, 0.2) is 0 Å². The molecule has 0 heterocycles. The van der Waals surface area contributed by atoms with E-state index in [1.54, 1.807) is 12.1 Å². The molecule has 0 saturated heterocycles. The van der Waals surface area contributed by atoms with E-state index in [-0.39, 0.29) is 11.7 Å². The van der Waals surface area contributed by atoms with E-state index in [1.807, 2.05) is 6.92 Å². The first kappa shape index (κ1) is 11.0. The molecule has 0 bridgehead atoms. The van der Waals surface area contributed by atoms with Crippen molar-refractivity contribution < 1.29 is 9.90 Å². The third-order valence-electron chi connectivity index (χ3n) is 3.16. The first-order valence-electron chi connectivity index (χ1n) is 5.77. The van der Waals surface area contributed by atoms with Crippen LogP contribution in [0, 0.1) is 6.92 Å². The van der Waals surface area contributed by atoms with Crippen LogP contribution in [0.5, 0.6) is 5.75 Å². The lowest BCUT2D eigenvalue weighted by Gasteiger charge is -2.12. The maximum atomic E-state index is 11.8. The summed E-state index contributed by atoms with van der Waals surface area (Å²) in [5, 5.41) is 12.5. The molecule has 3 nitrogen and oxygen atoms in total. The standard InChI is InChI=1S/C13H17NO2/c1-9-6-7-10(8-12(9)15)13(16)14-11-4-2-3-5-11/h6-8,11,15H,2-5H2,1H3,(H,14,16). The number of benzene rings is 1. The molecule has 1 aromatic carbocycles. The van der Waals surface area contributed by atoms with Gasteiger partial charge in [-0.2, -0.15) is 0 Å². The van der Waals surface area contributed by atoms with Crippen molar-refractivity contribution in [2.75, 3.05) is 0 Å². The molecule has 1 aliphatic rings. The summed E-state index contributed by atoms with van der Waals surface area (Å²) in [4.78, 5) is 11.8. The Kier molecular flexibility index (Phi) is 3.13. The molecule has 1 amide bonds. The highest BCUT2D eigenvalue weighted by molar-refractivity contribution is 5.94. The predicted molar refractivity (Wildman–Crippen MR) is 62.6 cm³/mol. The van der Waals surface area contributed by atoms with Crippen molar-refractivity contribution >= 4 is 5.91 Å². The third kappa shape index (κ3) is 2.35. The van der Waals surface area contributed by atoms with Crippen LogP contribution in [0.1, 0.15) is 41.6 Å². The van der Waals surface area contributed by atoms with E-state index in [0.717, 1.165) is 18.4 Å². The second-order valence-electron chi connectivity index (χ2n) is 4.46. The predicted octanol–water partition coefficient (Wildman–Crippen LogP) is 2.37. The van der Waals surface area contributed by atoms with E-state index in [2.05, 4.69) is 5.32 Å². The number of nitrogens with one attached hydrogen (secondary N) is 1. The van der Waals surface area contributed by atoms with E-state index in [9.17, 15) is 9.90 Å². The fourth-order valence-electron chi connectivity index (χ4n) is 2.09. The fraction of sp³-hybridized carbons (Fsp3) is 0.462. The quantitative estimate of drug-likeness (QED) is 0.802. The SMILES string of the molecule is Cc1ccc(C(=O)NC2CCCC2)cc1O. The summed E-state index contributed by atoms with van der Waals surface area (Å²) in [7, 11) is 0. The van der Waals surface area contributed by atoms with Gasteiger partial charge < -0.3 is 10.4 Å². The molecule has 0 aromatic heterocycles. The molecule has 1 aliphatic carbocycles. The van der Waals surface area contributed by atoms with Crippen molar-refractivity contribution in [1.82, 2.24) is 5.32 Å². The summed E-state index contributed by atoms with van der Waals surface area (Å²) in [6, 6.07) is 5.36. The number of phenols is 1. The molecule has 1 aromatic rings. The van der Waals surface area contributed by atoms with E-state index < -0.39 is 0 Å². The number of hydrogen-bond donors (Lipinski definition) is 2. The molecular formula is C13H17NO2. The van der Waals surface area contributed by atoms with Gasteiger partial charge in [0, 0.05) is 11.6 Å². The van der Waals surface area contributed by atoms with Gasteiger partial charge >= 0.3 is 0 Å². The molecule has 0 spiro atoms. The van der Waals surface area contributed by atoms with Crippen molar-refractivity contribution in [3.05, 3.63) is 29.3 Å². The van der Waals surface area contributed by atoms with Gasteiger partial charge in [-0.25, -0.2) is 0 Å². The zero-order valence-corrected chi connectivity index (χ0v) is 9.49. The average molecular weight is 219 g/mol. The highest BCUT2D eigenvalue weighted by atomic mass is 16.3. The molecule has 16 heavy (non-hydrogen) atoms. The Hall–Kier alpha value is -1.51. The fourth-order valence-corrected chi connectivity index (χ4v) is 2.09. The van der Waals surface area contributed by atoms with Crippen molar-refractivity contribution in [2.24, 2.45) is 0 Å². The summed E-state index contributed by atoms with van der Waals surface area (Å²) in [5.74, 6) is 0.0984. The molecule has 0 aliphatic heterocycles. The average Bonchev–Trinajstić information content (AvgIpc) is 2.74. The number of amides is 1. The second kappa shape index (κ2) is 4.56. The van der Waals surface area contributed by atoms with Crippen LogP contribution in [-0.4, -0.2) is 17.1 Å². The van der Waals surface area contributed by atoms with Crippen LogP contribution in [0.25, 0.3) is 0 Å². The molecule has 1 saturated carbocycles. The van der Waals surface area contributed by atoms with Crippen LogP contribution < -0.4 is 5.32 Å². The van der Waals surface area contributed by atoms with Crippen LogP contribution >= 0.6 is 0 Å². The highest BCUT2D eigenvalue weighted by Crippen LogP contribution is 2.20. The molecule has 0 atom stereocenters. The topological polar surface area (TPSA) is 49.3 Å². The van der Waals surface area contributed by atoms with E-state index >= 15 is 0 Å². The number of hydrogen-bond acceptors (Lipinski definition) is 2. The minimum Gasteiger partial charge on any atom is -0.508 e. The Morgan fingerprint density at radius 1 is 1.38 bits per heavy atom. The maximum absolute atomic E-state index is 11.8. The van der Waals surface area contributed by atoms with Crippen molar-refractivity contribution in [1.29, 1.82) is 0 Å². The van der Waals surface area contributed by atoms with Gasteiger partial charge in [-0.3, -0.25) is 4.79 Å². The Morgan fingerprint density at radius 3 is 2.69 bits per heavy atom. The molecular weight excluding hydrogens is 202 g/mol. The number of carbonyl (C=O) groups excluding carboxylic acids is 1. The Labute approximate surface area is 95.5 Å². The zero-order chi connectivity index (χ0) is 11.5. The van der Waals surface area contributed by atoms with Gasteiger partial charge in [-0.15, -0.1) is 0 Å². The second-order valence-corrected chi connectivity index (χ2v) is 4.46. The summed E-state index contributed by atoms with van der Waals surface area (Å²) in [6.07, 6.45) is 4.54. The lowest BCUT2D eigenvalue weighted by Crippen LogP contribution is -2.32. The molecule has 1 fully saturated rings. The number of carbonyl (C=O) groups is 1. The molecule has 86 valence electrons. The van der Waals surface area contributed by atoms with Gasteiger partial charge in [-0.05, 0) is 37.5 Å². The molecule has 0 unspecified atom stereocenters. The molecule has 2 rings (SSSR count). The highest BCUT2D eigenvalue weighted by Gasteiger charge is 2.18. The number of rotatable bonds is 2. The summed E-state index contributed by atoms with van der Waals surface area (Å²) in [5.41, 5.74) is 1.33. The lowest BCUT2D eigenvalue weighted by atomic mass is 10.1. The smallest absolute Gasteiger partial charge is 0.251 e. The first-order valence-corrected chi connectivity index (χ1v) is 5.77. The number of aromatic hydroxyl groups is 1. The minimum atomic E-state index is -0.0813. The van der Waals surface area contributed by atoms with E-state index in [0.29, 0.717) is 11.6 Å². The zero-order valence-electron chi connectivity index (χ0n) is 9.49. The van der Waals surface area contributed by atoms with E-state index in [4.69, 9.17) is 0 Å². The lowest BCUT2D eigenvalue weighted by molar-refractivity contribution is 0.0937. The van der Waals surface area contributed by atoms with Crippen LogP contribution in [0.2, 0.25) is 0 Å². The van der Waals surface area contributed by atoms with Gasteiger partial charge in [0.25, 0.3) is 5.91 Å². The van der Waals surface area contributed by atoms with Crippen LogP contribution in [-0.2, 0) is 0 Å². The van der Waals surface area contributed by atoms with Gasteiger partial charge in [0.2, 0.25) is 0 Å². The van der Waals surface area contributed by atoms with Crippen LogP contribution in [0.4, 0.5) is 0 Å². The Morgan fingerprint density at radius 2 is 2.06 bits per heavy atom. The maximum Gasteiger partial charge on any atom is 0.251 e. The van der Waals surface area contributed by atoms with Gasteiger partial charge in [0.1, 0.15) is 5.75 Å². The largest absolute Gasteiger partial charge is 0.508 e. The molecule has 0 radical (unpaired) electrons. The van der Waals surface area contributed by atoms with Crippen molar-refractivity contribution in [2.45, 2.75) is 38.6 Å². The monoisotopic (exact) mass is 219 g/mol. The minimum absolute atomic E-state index is 0.0813. The molecule has 3 heteroatoms. The molecule has 2 N–H and O–H groups in total. The van der Waals surface area contributed by atoms with Crippen molar-refractivity contribution in [3.8, 4) is 5.75 Å². The Balaban J connectivity index is 2.05. The van der Waals surface area contributed by atoms with Gasteiger partial charge in [-0.1, -0.05) is 18.9 Å². The summed E-state index contributed by atoms with van der Waals surface area (Å²) < 4.78 is 0. The van der Waals surface area contributed by atoms with Crippen LogP contribution in [0.15, 0.2) is 18.2 Å². The first-order chi connectivity index (χ1) is 7.66. The Bertz CT molecular complexity index is 395. The number of phenolic OH excluding ortho intramolecular Hbond substituents is 1. The number of aryl methyl sites for hydroxylation is 1. The van der Waals surface area contributed by atoms with E-state index in [1.165, 1.54) is 18.9 Å². The summed E-state index contributed by atoms with van der Waals surface area (Å²) >= 11 is 0. The third-order valence-corrected chi connectivity index (χ3v) is 3.16. The van der Waals surface area contributed by atoms with Crippen molar-refractivity contribution in [3.63, 3.8) is 0 Å². The summed E-state index contributed by atoms with van der Waals surface area (Å²) in [6.45, 7) is 1.81. The van der Waals surface area contributed by atoms with Gasteiger partial charge in [0.05, 0.1) is 0 Å². The van der Waals surface area contributed by atoms with Crippen LogP contribution in [0.3, 0.4) is 0 Å². The normalized spacial score (nSPS) is 16.3.